The van der Waals surface area contributed by atoms with E-state index in [9.17, 15) is 5.11 Å². The number of rotatable bonds is 0. The van der Waals surface area contributed by atoms with E-state index in [1.165, 1.54) is 17.1 Å². The third kappa shape index (κ3) is 1.86. The van der Waals surface area contributed by atoms with Gasteiger partial charge in [0.15, 0.2) is 0 Å². The zero-order chi connectivity index (χ0) is 5.28. The van der Waals surface area contributed by atoms with Gasteiger partial charge < -0.3 is 5.11 Å². The molecule has 1 heterocycles. The summed E-state index contributed by atoms with van der Waals surface area (Å²) < 4.78 is 1.47. The van der Waals surface area contributed by atoms with Crippen molar-refractivity contribution >= 4 is 0 Å². The van der Waals surface area contributed by atoms with Gasteiger partial charge in [-0.2, -0.15) is 5.10 Å². The molecule has 4 heteroatoms. The summed E-state index contributed by atoms with van der Waals surface area (Å²) in [7, 11) is 1.71. The van der Waals surface area contributed by atoms with Crippen LogP contribution in [0.3, 0.4) is 0 Å². The Balaban J connectivity index is 0.000000490. The van der Waals surface area contributed by atoms with Crippen molar-refractivity contribution in [2.45, 2.75) is 0 Å². The molecule has 0 amide bonds. The molecule has 0 unspecified atom stereocenters. The van der Waals surface area contributed by atoms with Gasteiger partial charge in [0.2, 0.25) is 0 Å². The second-order valence-corrected chi connectivity index (χ2v) is 1.35. The molecule has 3 nitrogen and oxygen atoms in total. The average Bonchev–Trinajstić information content (AvgIpc) is 1.87. The largest absolute Gasteiger partial charge is 1.00 e. The van der Waals surface area contributed by atoms with Crippen molar-refractivity contribution in [2.75, 3.05) is 0 Å². The zero-order valence-electron chi connectivity index (χ0n) is 4.96. The summed E-state index contributed by atoms with van der Waals surface area (Å²) in [5.41, 5.74) is 0. The molecule has 0 aliphatic carbocycles. The molecule has 0 aliphatic rings. The van der Waals surface area contributed by atoms with Crippen molar-refractivity contribution in [3.63, 3.8) is 0 Å². The Morgan fingerprint density at radius 3 is 2.50 bits per heavy atom. The van der Waals surface area contributed by atoms with Crippen molar-refractivity contribution in [3.8, 4) is 5.75 Å². The minimum atomic E-state index is -0.0394. The molecule has 0 atom stereocenters. The fourth-order valence-corrected chi connectivity index (χ4v) is 0.399. The predicted molar refractivity (Wildman–Crippen MR) is 22.7 cm³/mol. The van der Waals surface area contributed by atoms with Crippen molar-refractivity contribution in [1.29, 1.82) is 0 Å². The topological polar surface area (TPSA) is 40.9 Å². The molecule has 0 N–H and O–H groups in total. The Morgan fingerprint density at radius 1 is 1.75 bits per heavy atom. The fourth-order valence-electron chi connectivity index (χ4n) is 0.399. The summed E-state index contributed by atoms with van der Waals surface area (Å²) in [6.45, 7) is 0. The summed E-state index contributed by atoms with van der Waals surface area (Å²) in [4.78, 5) is 0. The molecule has 1 aromatic heterocycles. The first-order valence-electron chi connectivity index (χ1n) is 1.95. The van der Waals surface area contributed by atoms with E-state index < -0.39 is 0 Å². The maximum Gasteiger partial charge on any atom is 1.00 e. The van der Waals surface area contributed by atoms with Gasteiger partial charge in [-0.1, -0.05) is 5.75 Å². The quantitative estimate of drug-likeness (QED) is 0.333. The van der Waals surface area contributed by atoms with Crippen LogP contribution in [0.4, 0.5) is 0 Å². The molecule has 0 saturated heterocycles. The van der Waals surface area contributed by atoms with Gasteiger partial charge in [-0.3, -0.25) is 4.68 Å². The minimum absolute atomic E-state index is 0. The normalized spacial score (nSPS) is 8.12. The summed E-state index contributed by atoms with van der Waals surface area (Å²) >= 11 is 0. The first-order valence-corrected chi connectivity index (χ1v) is 1.95. The molecule has 0 radical (unpaired) electrons. The van der Waals surface area contributed by atoms with Gasteiger partial charge in [0.25, 0.3) is 0 Å². The molecule has 0 bridgehead atoms. The summed E-state index contributed by atoms with van der Waals surface area (Å²) in [5.74, 6) is -0.0394. The van der Waals surface area contributed by atoms with Crippen molar-refractivity contribution in [1.82, 2.24) is 9.78 Å². The van der Waals surface area contributed by atoms with Gasteiger partial charge in [-0.25, -0.2) is 0 Å². The van der Waals surface area contributed by atoms with E-state index in [0.717, 1.165) is 0 Å². The molecular formula is C4H5N2NaO. The molecule has 1 aromatic rings. The standard InChI is InChI=1S/C4H6N2O.Na/c1-6-3-4(7)2-5-6;/h2-3,7H,1H3;/q;+1/p-1. The van der Waals surface area contributed by atoms with E-state index in [4.69, 9.17) is 0 Å². The summed E-state index contributed by atoms with van der Waals surface area (Å²) in [6, 6.07) is 0. The third-order valence-corrected chi connectivity index (χ3v) is 0.681. The van der Waals surface area contributed by atoms with Gasteiger partial charge >= 0.3 is 29.6 Å². The van der Waals surface area contributed by atoms with Gasteiger partial charge in [-0.15, -0.1) is 0 Å². The van der Waals surface area contributed by atoms with Crippen LogP contribution in [0.1, 0.15) is 0 Å². The molecule has 1 rings (SSSR count). The predicted octanol–water partition coefficient (Wildman–Crippen LogP) is -3.50. The van der Waals surface area contributed by atoms with E-state index in [1.54, 1.807) is 7.05 Å². The molecule has 0 aromatic carbocycles. The van der Waals surface area contributed by atoms with Crippen LogP contribution in [-0.2, 0) is 7.05 Å². The maximum absolute atomic E-state index is 10.2. The Morgan fingerprint density at radius 2 is 2.38 bits per heavy atom. The van der Waals surface area contributed by atoms with Gasteiger partial charge in [0.05, 0.1) is 0 Å². The molecule has 38 valence electrons. The van der Waals surface area contributed by atoms with E-state index >= 15 is 0 Å². The van der Waals surface area contributed by atoms with Crippen LogP contribution in [0, 0.1) is 0 Å². The Labute approximate surface area is 69.6 Å². The number of aryl methyl sites for hydroxylation is 1. The van der Waals surface area contributed by atoms with Crippen molar-refractivity contribution in [3.05, 3.63) is 12.4 Å². The van der Waals surface area contributed by atoms with E-state index in [2.05, 4.69) is 5.10 Å². The van der Waals surface area contributed by atoms with Gasteiger partial charge in [0, 0.05) is 19.4 Å². The van der Waals surface area contributed by atoms with E-state index in [1.807, 2.05) is 0 Å². The molecule has 0 aliphatic heterocycles. The van der Waals surface area contributed by atoms with Crippen LogP contribution in [0.2, 0.25) is 0 Å². The smallest absolute Gasteiger partial charge is 0.870 e. The summed E-state index contributed by atoms with van der Waals surface area (Å²) in [6.07, 6.45) is 2.69. The number of aromatic nitrogens is 2. The average molecular weight is 120 g/mol. The van der Waals surface area contributed by atoms with Crippen molar-refractivity contribution in [2.24, 2.45) is 7.05 Å². The first-order chi connectivity index (χ1) is 3.29. The second-order valence-electron chi connectivity index (χ2n) is 1.35. The van der Waals surface area contributed by atoms with Crippen LogP contribution < -0.4 is 34.7 Å². The van der Waals surface area contributed by atoms with Crippen LogP contribution in [-0.4, -0.2) is 9.78 Å². The SMILES string of the molecule is Cn1cc([O-])cn1.[Na+]. The fraction of sp³-hybridized carbons (Fsp3) is 0.250. The Bertz CT molecular complexity index is 146. The number of nitrogens with zero attached hydrogens (tertiary/aromatic N) is 2. The number of hydrogen-bond donors (Lipinski definition) is 0. The van der Waals surface area contributed by atoms with Gasteiger partial charge in [0.1, 0.15) is 0 Å². The van der Waals surface area contributed by atoms with E-state index in [-0.39, 0.29) is 35.3 Å². The van der Waals surface area contributed by atoms with Crippen LogP contribution in [0.5, 0.6) is 5.75 Å². The zero-order valence-corrected chi connectivity index (χ0v) is 6.96. The number of hydrogen-bond acceptors (Lipinski definition) is 2. The van der Waals surface area contributed by atoms with Gasteiger partial charge in [-0.05, 0) is 0 Å². The Hall–Kier alpha value is 0.0100. The Kier molecular flexibility index (Phi) is 3.12. The van der Waals surface area contributed by atoms with Crippen LogP contribution >= 0.6 is 0 Å². The molecule has 0 fully saturated rings. The van der Waals surface area contributed by atoms with Crippen LogP contribution in [0.15, 0.2) is 12.4 Å². The monoisotopic (exact) mass is 120 g/mol. The second kappa shape index (κ2) is 3.12. The van der Waals surface area contributed by atoms with Crippen molar-refractivity contribution < 1.29 is 34.7 Å². The maximum atomic E-state index is 10.2. The summed E-state index contributed by atoms with van der Waals surface area (Å²) in [5, 5.41) is 13.8. The third-order valence-electron chi connectivity index (χ3n) is 0.681. The minimum Gasteiger partial charge on any atom is -0.870 e. The molecular weight excluding hydrogens is 115 g/mol. The molecule has 8 heavy (non-hydrogen) atoms. The van der Waals surface area contributed by atoms with E-state index in [0.29, 0.717) is 0 Å². The van der Waals surface area contributed by atoms with Crippen LogP contribution in [0.25, 0.3) is 0 Å². The first kappa shape index (κ1) is 8.01. The molecule has 0 saturated carbocycles. The molecule has 0 spiro atoms.